The molecule has 0 bridgehead atoms. The standard InChI is InChI=1S/C9H11ClN4O2/c1-12-7(9(11)14(15)16)4-6-2-3-8(10)13-5-6/h2-3,5,12H,4,11H2,1H3. The highest BCUT2D eigenvalue weighted by atomic mass is 35.5. The number of hydrogen-bond donors (Lipinski definition) is 2. The lowest BCUT2D eigenvalue weighted by atomic mass is 10.1. The van der Waals surface area contributed by atoms with E-state index in [0.29, 0.717) is 17.3 Å². The van der Waals surface area contributed by atoms with Crippen LogP contribution in [0, 0.1) is 10.1 Å². The number of hydrogen-bond acceptors (Lipinski definition) is 5. The summed E-state index contributed by atoms with van der Waals surface area (Å²) in [6, 6.07) is 3.35. The van der Waals surface area contributed by atoms with Gasteiger partial charge in [0, 0.05) is 19.7 Å². The molecule has 0 saturated carbocycles. The van der Waals surface area contributed by atoms with Crippen molar-refractivity contribution in [3.63, 3.8) is 0 Å². The molecule has 0 aromatic carbocycles. The summed E-state index contributed by atoms with van der Waals surface area (Å²) in [5, 5.41) is 13.6. The number of aromatic nitrogens is 1. The van der Waals surface area contributed by atoms with Gasteiger partial charge in [-0.3, -0.25) is 5.73 Å². The van der Waals surface area contributed by atoms with Gasteiger partial charge < -0.3 is 15.4 Å². The molecule has 0 unspecified atom stereocenters. The Hall–Kier alpha value is -1.82. The third kappa shape index (κ3) is 3.09. The third-order valence-corrected chi connectivity index (χ3v) is 2.20. The molecular formula is C9H11ClN4O2. The molecular weight excluding hydrogens is 232 g/mol. The van der Waals surface area contributed by atoms with Crippen LogP contribution in [0.1, 0.15) is 5.56 Å². The Bertz CT molecular complexity index is 416. The molecule has 0 atom stereocenters. The van der Waals surface area contributed by atoms with Gasteiger partial charge in [0.15, 0.2) is 0 Å². The quantitative estimate of drug-likeness (QED) is 0.465. The van der Waals surface area contributed by atoms with Crippen molar-refractivity contribution in [2.75, 3.05) is 7.05 Å². The molecule has 0 aliphatic rings. The van der Waals surface area contributed by atoms with Crippen molar-refractivity contribution in [1.29, 1.82) is 0 Å². The normalized spacial score (nSPS) is 11.9. The van der Waals surface area contributed by atoms with E-state index < -0.39 is 10.7 Å². The van der Waals surface area contributed by atoms with Crippen molar-refractivity contribution in [1.82, 2.24) is 10.3 Å². The Morgan fingerprint density at radius 1 is 1.69 bits per heavy atom. The van der Waals surface area contributed by atoms with Crippen molar-refractivity contribution >= 4 is 11.6 Å². The summed E-state index contributed by atoms with van der Waals surface area (Å²) in [6.07, 6.45) is 1.86. The summed E-state index contributed by atoms with van der Waals surface area (Å²) in [6.45, 7) is 0. The Balaban J connectivity index is 2.90. The molecule has 86 valence electrons. The van der Waals surface area contributed by atoms with Crippen molar-refractivity contribution < 1.29 is 4.92 Å². The molecule has 0 fully saturated rings. The first-order chi connectivity index (χ1) is 7.54. The lowest BCUT2D eigenvalue weighted by Crippen LogP contribution is -2.21. The molecule has 1 heterocycles. The molecule has 1 rings (SSSR count). The maximum absolute atomic E-state index is 10.5. The fraction of sp³-hybridized carbons (Fsp3) is 0.222. The molecule has 0 spiro atoms. The second-order valence-electron chi connectivity index (χ2n) is 3.04. The minimum absolute atomic E-state index is 0.313. The van der Waals surface area contributed by atoms with E-state index in [4.69, 9.17) is 17.3 Å². The first-order valence-corrected chi connectivity index (χ1v) is 4.83. The van der Waals surface area contributed by atoms with Gasteiger partial charge in [0.1, 0.15) is 10.9 Å². The van der Waals surface area contributed by atoms with Gasteiger partial charge in [0.05, 0.1) is 0 Å². The molecule has 6 nitrogen and oxygen atoms in total. The highest BCUT2D eigenvalue weighted by Crippen LogP contribution is 2.10. The average Bonchev–Trinajstić information content (AvgIpc) is 2.27. The second kappa shape index (κ2) is 5.32. The van der Waals surface area contributed by atoms with E-state index in [-0.39, 0.29) is 0 Å². The zero-order valence-corrected chi connectivity index (χ0v) is 9.36. The van der Waals surface area contributed by atoms with Gasteiger partial charge >= 0.3 is 5.82 Å². The Morgan fingerprint density at radius 3 is 2.81 bits per heavy atom. The maximum Gasteiger partial charge on any atom is 0.333 e. The highest BCUT2D eigenvalue weighted by molar-refractivity contribution is 6.29. The molecule has 0 saturated heterocycles. The first-order valence-electron chi connectivity index (χ1n) is 4.45. The van der Waals surface area contributed by atoms with Gasteiger partial charge in [-0.05, 0) is 16.6 Å². The predicted molar refractivity (Wildman–Crippen MR) is 60.2 cm³/mol. The van der Waals surface area contributed by atoms with Crippen LogP contribution in [0.3, 0.4) is 0 Å². The molecule has 0 radical (unpaired) electrons. The van der Waals surface area contributed by atoms with Crippen molar-refractivity contribution in [3.8, 4) is 0 Å². The van der Waals surface area contributed by atoms with Crippen LogP contribution < -0.4 is 11.1 Å². The van der Waals surface area contributed by atoms with Crippen LogP contribution in [-0.2, 0) is 6.42 Å². The Labute approximate surface area is 97.3 Å². The molecule has 3 N–H and O–H groups in total. The molecule has 0 amide bonds. The number of nitrogens with zero attached hydrogens (tertiary/aromatic N) is 2. The van der Waals surface area contributed by atoms with E-state index in [9.17, 15) is 10.1 Å². The van der Waals surface area contributed by atoms with E-state index in [1.54, 1.807) is 25.4 Å². The number of pyridine rings is 1. The largest absolute Gasteiger partial charge is 0.384 e. The van der Waals surface area contributed by atoms with Crippen LogP contribution in [0.15, 0.2) is 29.8 Å². The molecule has 0 aliphatic carbocycles. The number of nitro groups is 1. The smallest absolute Gasteiger partial charge is 0.333 e. The number of nitrogens with two attached hydrogens (primary N) is 1. The van der Waals surface area contributed by atoms with Gasteiger partial charge in [0.25, 0.3) is 0 Å². The summed E-state index contributed by atoms with van der Waals surface area (Å²) in [5.74, 6) is -0.391. The number of halogens is 1. The summed E-state index contributed by atoms with van der Waals surface area (Å²) in [5.41, 5.74) is 6.45. The van der Waals surface area contributed by atoms with Crippen molar-refractivity contribution in [2.45, 2.75) is 6.42 Å². The summed E-state index contributed by atoms with van der Waals surface area (Å²) < 4.78 is 0. The first kappa shape index (κ1) is 12.3. The predicted octanol–water partition coefficient (Wildman–Crippen LogP) is 0.901. The van der Waals surface area contributed by atoms with Crippen molar-refractivity contribution in [2.24, 2.45) is 5.73 Å². The van der Waals surface area contributed by atoms with Gasteiger partial charge in [-0.25, -0.2) is 4.98 Å². The molecule has 1 aromatic heterocycles. The van der Waals surface area contributed by atoms with Crippen LogP contribution in [0.5, 0.6) is 0 Å². The summed E-state index contributed by atoms with van der Waals surface area (Å²) in [4.78, 5) is 13.7. The van der Waals surface area contributed by atoms with Gasteiger partial charge in [-0.15, -0.1) is 0 Å². The zero-order chi connectivity index (χ0) is 12.1. The number of rotatable bonds is 4. The van der Waals surface area contributed by atoms with Crippen LogP contribution in [0.25, 0.3) is 0 Å². The maximum atomic E-state index is 10.5. The van der Waals surface area contributed by atoms with Crippen LogP contribution in [-0.4, -0.2) is 17.0 Å². The van der Waals surface area contributed by atoms with E-state index in [1.807, 2.05) is 0 Å². The van der Waals surface area contributed by atoms with Crippen LogP contribution >= 0.6 is 11.6 Å². The van der Waals surface area contributed by atoms with E-state index in [2.05, 4.69) is 10.3 Å². The van der Waals surface area contributed by atoms with E-state index in [0.717, 1.165) is 5.56 Å². The highest BCUT2D eigenvalue weighted by Gasteiger charge is 2.11. The van der Waals surface area contributed by atoms with Gasteiger partial charge in [-0.2, -0.15) is 0 Å². The minimum atomic E-state index is -0.630. The van der Waals surface area contributed by atoms with Gasteiger partial charge in [0.2, 0.25) is 0 Å². The lowest BCUT2D eigenvalue weighted by Gasteiger charge is -2.06. The molecule has 0 aliphatic heterocycles. The molecule has 1 aromatic rings. The fourth-order valence-electron chi connectivity index (χ4n) is 1.13. The Kier molecular flexibility index (Phi) is 4.07. The zero-order valence-electron chi connectivity index (χ0n) is 8.61. The van der Waals surface area contributed by atoms with E-state index in [1.165, 1.54) is 0 Å². The average molecular weight is 243 g/mol. The van der Waals surface area contributed by atoms with Crippen molar-refractivity contribution in [3.05, 3.63) is 50.7 Å². The Morgan fingerprint density at radius 2 is 2.38 bits per heavy atom. The minimum Gasteiger partial charge on any atom is -0.384 e. The van der Waals surface area contributed by atoms with Crippen LogP contribution in [0.4, 0.5) is 0 Å². The van der Waals surface area contributed by atoms with E-state index >= 15 is 0 Å². The topological polar surface area (TPSA) is 94.1 Å². The third-order valence-electron chi connectivity index (χ3n) is 1.98. The number of nitrogens with one attached hydrogen (secondary N) is 1. The second-order valence-corrected chi connectivity index (χ2v) is 3.42. The summed E-state index contributed by atoms with van der Waals surface area (Å²) in [7, 11) is 1.58. The molecule has 16 heavy (non-hydrogen) atoms. The summed E-state index contributed by atoms with van der Waals surface area (Å²) >= 11 is 5.62. The van der Waals surface area contributed by atoms with Crippen LogP contribution in [0.2, 0.25) is 5.15 Å². The number of likely N-dealkylation sites (N-methyl/N-ethyl adjacent to an activating group) is 1. The number of allylic oxidation sites excluding steroid dienone is 1. The SMILES string of the molecule is CNC(Cc1ccc(Cl)nc1)=C(N)[N+](=O)[O-]. The monoisotopic (exact) mass is 242 g/mol. The van der Waals surface area contributed by atoms with Gasteiger partial charge in [-0.1, -0.05) is 17.7 Å². The molecule has 7 heteroatoms. The fourth-order valence-corrected chi connectivity index (χ4v) is 1.24. The lowest BCUT2D eigenvalue weighted by molar-refractivity contribution is -0.428.